The van der Waals surface area contributed by atoms with Crippen LogP contribution in [0.15, 0.2) is 149 Å². The predicted molar refractivity (Wildman–Crippen MR) is 183 cm³/mol. The highest BCUT2D eigenvalue weighted by Gasteiger charge is 2.33. The molecule has 0 atom stereocenters. The first-order valence-electron chi connectivity index (χ1n) is 15.0. The third-order valence-electron chi connectivity index (χ3n) is 9.02. The van der Waals surface area contributed by atoms with E-state index in [1.54, 1.807) is 12.1 Å². The van der Waals surface area contributed by atoms with E-state index in [0.717, 1.165) is 39.2 Å². The van der Waals surface area contributed by atoms with E-state index in [-0.39, 0.29) is 0 Å². The molecular weight excluding hydrogens is 573 g/mol. The summed E-state index contributed by atoms with van der Waals surface area (Å²) in [5.41, 5.74) is 8.11. The highest BCUT2D eigenvalue weighted by atomic mass is 32.2. The maximum absolute atomic E-state index is 14.1. The highest BCUT2D eigenvalue weighted by molar-refractivity contribution is 7.92. The van der Waals surface area contributed by atoms with E-state index in [9.17, 15) is 8.42 Å². The minimum absolute atomic E-state index is 0.296. The number of aryl methyl sites for hydroxylation is 1. The first-order valence-corrected chi connectivity index (χ1v) is 16.4. The lowest BCUT2D eigenvalue weighted by Gasteiger charge is -2.21. The molecular formula is C40H26N2O2S. The Morgan fingerprint density at radius 3 is 1.62 bits per heavy atom. The van der Waals surface area contributed by atoms with Crippen molar-refractivity contribution in [2.45, 2.75) is 16.7 Å². The Morgan fingerprint density at radius 2 is 1.02 bits per heavy atom. The van der Waals surface area contributed by atoms with E-state index in [2.05, 4.69) is 108 Å². The van der Waals surface area contributed by atoms with Crippen LogP contribution in [0.3, 0.4) is 0 Å². The molecule has 0 amide bonds. The number of benzene rings is 7. The molecule has 7 aromatic carbocycles. The zero-order valence-corrected chi connectivity index (χ0v) is 25.2. The largest absolute Gasteiger partial charge is 0.294 e. The van der Waals surface area contributed by atoms with Crippen LogP contribution in [0.1, 0.15) is 5.82 Å². The standard InChI is InChI=1S/C40H26N2O2S/c1-25-41-36-11-6-12-38-40(36)42(25)37-18-17-32(24-39(37)45(38,43)44)35-22-33(30-15-13-26-7-2-4-9-28(26)19-30)21-34(23-35)31-16-14-27-8-3-5-10-29(27)20-31/h2-24H,1H3. The summed E-state index contributed by atoms with van der Waals surface area (Å²) in [5, 5.41) is 4.73. The van der Waals surface area contributed by atoms with Gasteiger partial charge in [0.05, 0.1) is 26.5 Å². The molecule has 0 unspecified atom stereocenters. The van der Waals surface area contributed by atoms with Crippen LogP contribution in [0.25, 0.3) is 71.6 Å². The Bertz CT molecular complexity index is 2540. The summed E-state index contributed by atoms with van der Waals surface area (Å²) in [6.07, 6.45) is 0. The van der Waals surface area contributed by atoms with E-state index in [0.29, 0.717) is 26.5 Å². The van der Waals surface area contributed by atoms with Gasteiger partial charge in [0, 0.05) is 0 Å². The average molecular weight is 599 g/mol. The molecule has 0 radical (unpaired) electrons. The minimum atomic E-state index is -3.76. The molecule has 8 aromatic rings. The molecule has 0 fully saturated rings. The van der Waals surface area contributed by atoms with Gasteiger partial charge in [-0.2, -0.15) is 0 Å². The number of imidazole rings is 1. The number of sulfone groups is 1. The lowest BCUT2D eigenvalue weighted by Crippen LogP contribution is -2.15. The number of fused-ring (bicyclic) bond motifs is 4. The lowest BCUT2D eigenvalue weighted by molar-refractivity contribution is 0.594. The lowest BCUT2D eigenvalue weighted by atomic mass is 9.92. The molecule has 0 bridgehead atoms. The predicted octanol–water partition coefficient (Wildman–Crippen LogP) is 9.79. The van der Waals surface area contributed by atoms with Gasteiger partial charge in [0.2, 0.25) is 9.84 Å². The third kappa shape index (κ3) is 3.98. The topological polar surface area (TPSA) is 52.0 Å². The number of rotatable bonds is 3. The fourth-order valence-corrected chi connectivity index (χ4v) is 8.46. The van der Waals surface area contributed by atoms with Gasteiger partial charge in [-0.25, -0.2) is 13.4 Å². The van der Waals surface area contributed by atoms with Gasteiger partial charge in [0.15, 0.2) is 0 Å². The number of para-hydroxylation sites is 1. The van der Waals surface area contributed by atoms with Crippen LogP contribution in [0, 0.1) is 6.92 Å². The van der Waals surface area contributed by atoms with E-state index in [1.807, 2.05) is 35.8 Å². The number of aromatic nitrogens is 2. The SMILES string of the molecule is Cc1nc2cccc3c2n1-c1ccc(-c2cc(-c4ccc5ccccc5c4)cc(-c4ccc5ccccc5c4)c2)cc1S3(=O)=O. The first kappa shape index (κ1) is 25.9. The number of hydrogen-bond acceptors (Lipinski definition) is 3. The van der Waals surface area contributed by atoms with Crippen LogP contribution in [-0.4, -0.2) is 18.0 Å². The third-order valence-corrected chi connectivity index (χ3v) is 10.8. The molecule has 1 aromatic heterocycles. The second-order valence-electron chi connectivity index (χ2n) is 11.7. The zero-order chi connectivity index (χ0) is 30.3. The van der Waals surface area contributed by atoms with Gasteiger partial charge in [-0.15, -0.1) is 0 Å². The molecule has 2 heterocycles. The molecule has 1 aliphatic rings. The summed E-state index contributed by atoms with van der Waals surface area (Å²) in [6, 6.07) is 47.5. The molecule has 0 N–H and O–H groups in total. The Morgan fingerprint density at radius 1 is 0.489 bits per heavy atom. The average Bonchev–Trinajstić information content (AvgIpc) is 3.42. The Kier molecular flexibility index (Phi) is 5.47. The Balaban J connectivity index is 1.27. The first-order chi connectivity index (χ1) is 21.9. The van der Waals surface area contributed by atoms with Crippen LogP contribution < -0.4 is 0 Å². The molecule has 1 aliphatic heterocycles. The highest BCUT2D eigenvalue weighted by Crippen LogP contribution is 2.42. The van der Waals surface area contributed by atoms with Crippen molar-refractivity contribution in [1.29, 1.82) is 0 Å². The fraction of sp³-hybridized carbons (Fsp3) is 0.0250. The molecule has 214 valence electrons. The summed E-state index contributed by atoms with van der Waals surface area (Å²) in [6.45, 7) is 1.92. The van der Waals surface area contributed by atoms with E-state index in [4.69, 9.17) is 0 Å². The van der Waals surface area contributed by atoms with Gasteiger partial charge < -0.3 is 0 Å². The van der Waals surface area contributed by atoms with Gasteiger partial charge in [0.25, 0.3) is 0 Å². The normalized spacial score (nSPS) is 13.4. The Hall–Kier alpha value is -5.52. The van der Waals surface area contributed by atoms with Gasteiger partial charge >= 0.3 is 0 Å². The van der Waals surface area contributed by atoms with Gasteiger partial charge in [0.1, 0.15) is 5.82 Å². The van der Waals surface area contributed by atoms with Crippen molar-refractivity contribution in [3.05, 3.63) is 145 Å². The summed E-state index contributed by atoms with van der Waals surface area (Å²) in [7, 11) is -3.76. The molecule has 9 rings (SSSR count). The van der Waals surface area contributed by atoms with Gasteiger partial charge in [-0.1, -0.05) is 84.9 Å². The van der Waals surface area contributed by atoms with Crippen LogP contribution in [-0.2, 0) is 9.84 Å². The summed E-state index contributed by atoms with van der Waals surface area (Å²) >= 11 is 0. The molecule has 4 nitrogen and oxygen atoms in total. The molecule has 0 saturated carbocycles. The maximum atomic E-state index is 14.1. The molecule has 45 heavy (non-hydrogen) atoms. The molecule has 0 aliphatic carbocycles. The van der Waals surface area contributed by atoms with Crippen molar-refractivity contribution < 1.29 is 8.42 Å². The van der Waals surface area contributed by atoms with E-state index >= 15 is 0 Å². The second-order valence-corrected chi connectivity index (χ2v) is 13.6. The van der Waals surface area contributed by atoms with Crippen molar-refractivity contribution in [1.82, 2.24) is 9.55 Å². The Labute approximate surface area is 260 Å². The van der Waals surface area contributed by atoms with Crippen molar-refractivity contribution in [2.24, 2.45) is 0 Å². The molecule has 0 spiro atoms. The second kappa shape index (κ2) is 9.49. The van der Waals surface area contributed by atoms with Crippen molar-refractivity contribution in [3.8, 4) is 39.1 Å². The van der Waals surface area contributed by atoms with E-state index in [1.165, 1.54) is 21.5 Å². The summed E-state index contributed by atoms with van der Waals surface area (Å²) < 4.78 is 30.1. The van der Waals surface area contributed by atoms with Crippen molar-refractivity contribution in [2.75, 3.05) is 0 Å². The molecule has 0 saturated heterocycles. The monoisotopic (exact) mass is 598 g/mol. The summed E-state index contributed by atoms with van der Waals surface area (Å²) in [4.78, 5) is 5.26. The number of hydrogen-bond donors (Lipinski definition) is 0. The van der Waals surface area contributed by atoms with Crippen LogP contribution >= 0.6 is 0 Å². The summed E-state index contributed by atoms with van der Waals surface area (Å²) in [5.74, 6) is 0.762. The zero-order valence-electron chi connectivity index (χ0n) is 24.4. The van der Waals surface area contributed by atoms with Gasteiger partial charge in [-0.3, -0.25) is 4.57 Å². The smallest absolute Gasteiger partial charge is 0.210 e. The van der Waals surface area contributed by atoms with Gasteiger partial charge in [-0.05, 0) is 116 Å². The maximum Gasteiger partial charge on any atom is 0.210 e. The van der Waals surface area contributed by atoms with Crippen LogP contribution in [0.5, 0.6) is 0 Å². The van der Waals surface area contributed by atoms with E-state index < -0.39 is 9.84 Å². The van der Waals surface area contributed by atoms with Crippen LogP contribution in [0.4, 0.5) is 0 Å². The quantitative estimate of drug-likeness (QED) is 0.203. The fourth-order valence-electron chi connectivity index (χ4n) is 6.80. The van der Waals surface area contributed by atoms with Crippen molar-refractivity contribution in [3.63, 3.8) is 0 Å². The number of nitrogens with zero attached hydrogens (tertiary/aromatic N) is 2. The van der Waals surface area contributed by atoms with Crippen LogP contribution in [0.2, 0.25) is 0 Å². The molecule has 5 heteroatoms. The van der Waals surface area contributed by atoms with Crippen molar-refractivity contribution >= 4 is 42.4 Å². The minimum Gasteiger partial charge on any atom is -0.294 e.